The molecule has 0 unspecified atom stereocenters. The van der Waals surface area contributed by atoms with Crippen molar-refractivity contribution in [1.82, 2.24) is 15.0 Å². The molecule has 0 aliphatic rings. The van der Waals surface area contributed by atoms with Crippen molar-refractivity contribution in [2.24, 2.45) is 5.73 Å². The van der Waals surface area contributed by atoms with Gasteiger partial charge in [-0.25, -0.2) is 4.68 Å². The molecule has 1 aromatic heterocycles. The summed E-state index contributed by atoms with van der Waals surface area (Å²) in [5.74, 6) is 0. The Morgan fingerprint density at radius 2 is 2.20 bits per heavy atom. The zero-order valence-corrected chi connectivity index (χ0v) is 9.57. The fraction of sp³-hybridized carbons (Fsp3) is 0.800. The molecule has 5 heteroatoms. The van der Waals surface area contributed by atoms with Gasteiger partial charge in [0.15, 0.2) is 0 Å². The maximum Gasteiger partial charge on any atom is 0.0994 e. The maximum absolute atomic E-state index is 5.58. The fourth-order valence-corrected chi connectivity index (χ4v) is 1.60. The van der Waals surface area contributed by atoms with Crippen LogP contribution in [0.1, 0.15) is 31.2 Å². The van der Waals surface area contributed by atoms with E-state index in [1.54, 1.807) is 7.11 Å². The number of hydrogen-bond acceptors (Lipinski definition) is 4. The first-order valence-electron chi connectivity index (χ1n) is 5.43. The van der Waals surface area contributed by atoms with Gasteiger partial charge in [0.05, 0.1) is 11.4 Å². The van der Waals surface area contributed by atoms with E-state index in [0.717, 1.165) is 43.8 Å². The molecule has 2 N–H and O–H groups in total. The van der Waals surface area contributed by atoms with Crippen LogP contribution in [0.3, 0.4) is 0 Å². The van der Waals surface area contributed by atoms with Crippen molar-refractivity contribution in [2.45, 2.75) is 39.3 Å². The SMILES string of the molecule is CCc1c(CN)nnn1CCCCOC. The van der Waals surface area contributed by atoms with Crippen LogP contribution in [-0.2, 0) is 24.2 Å². The van der Waals surface area contributed by atoms with E-state index in [4.69, 9.17) is 10.5 Å². The zero-order valence-electron chi connectivity index (χ0n) is 9.57. The molecule has 1 heterocycles. The fourth-order valence-electron chi connectivity index (χ4n) is 1.60. The summed E-state index contributed by atoms with van der Waals surface area (Å²) >= 11 is 0. The van der Waals surface area contributed by atoms with Gasteiger partial charge in [-0.05, 0) is 19.3 Å². The summed E-state index contributed by atoms with van der Waals surface area (Å²) in [5.41, 5.74) is 7.66. The predicted octanol–water partition coefficient (Wildman–Crippen LogP) is 0.726. The molecule has 0 saturated heterocycles. The van der Waals surface area contributed by atoms with Crippen LogP contribution in [0.25, 0.3) is 0 Å². The Morgan fingerprint density at radius 3 is 2.80 bits per heavy atom. The van der Waals surface area contributed by atoms with Crippen molar-refractivity contribution in [3.63, 3.8) is 0 Å². The minimum absolute atomic E-state index is 0.473. The quantitative estimate of drug-likeness (QED) is 0.676. The van der Waals surface area contributed by atoms with Gasteiger partial charge in [-0.15, -0.1) is 5.10 Å². The van der Waals surface area contributed by atoms with Crippen molar-refractivity contribution in [3.8, 4) is 0 Å². The highest BCUT2D eigenvalue weighted by molar-refractivity contribution is 5.09. The molecule has 0 fully saturated rings. The molecule has 5 nitrogen and oxygen atoms in total. The van der Waals surface area contributed by atoms with Gasteiger partial charge >= 0.3 is 0 Å². The third-order valence-corrected chi connectivity index (χ3v) is 2.41. The lowest BCUT2D eigenvalue weighted by molar-refractivity contribution is 0.190. The largest absolute Gasteiger partial charge is 0.385 e. The number of aromatic nitrogens is 3. The van der Waals surface area contributed by atoms with E-state index in [1.165, 1.54) is 0 Å². The lowest BCUT2D eigenvalue weighted by Gasteiger charge is -2.05. The highest BCUT2D eigenvalue weighted by Crippen LogP contribution is 2.07. The first-order valence-corrected chi connectivity index (χ1v) is 5.43. The second-order valence-corrected chi connectivity index (χ2v) is 3.46. The van der Waals surface area contributed by atoms with Gasteiger partial charge in [-0.1, -0.05) is 12.1 Å². The van der Waals surface area contributed by atoms with Gasteiger partial charge < -0.3 is 10.5 Å². The summed E-state index contributed by atoms with van der Waals surface area (Å²) in [5, 5.41) is 8.16. The Kier molecular flexibility index (Phi) is 5.28. The molecule has 0 atom stereocenters. The minimum atomic E-state index is 0.473. The van der Waals surface area contributed by atoms with Crippen LogP contribution in [0, 0.1) is 0 Å². The van der Waals surface area contributed by atoms with Gasteiger partial charge in [0.2, 0.25) is 0 Å². The third-order valence-electron chi connectivity index (χ3n) is 2.41. The van der Waals surface area contributed by atoms with Gasteiger partial charge in [0.1, 0.15) is 0 Å². The molecule has 0 spiro atoms. The molecule has 0 saturated carbocycles. The first-order chi connectivity index (χ1) is 7.33. The number of nitrogens with zero attached hydrogens (tertiary/aromatic N) is 3. The molecule has 0 radical (unpaired) electrons. The molecule has 86 valence electrons. The second-order valence-electron chi connectivity index (χ2n) is 3.46. The molecule has 0 aliphatic heterocycles. The Bertz CT molecular complexity index is 285. The Balaban J connectivity index is 2.49. The Hall–Kier alpha value is -0.940. The van der Waals surface area contributed by atoms with Gasteiger partial charge in [0, 0.05) is 26.8 Å². The number of rotatable bonds is 7. The highest BCUT2D eigenvalue weighted by atomic mass is 16.5. The van der Waals surface area contributed by atoms with Gasteiger partial charge in [-0.3, -0.25) is 0 Å². The Labute approximate surface area is 90.6 Å². The number of nitrogens with two attached hydrogens (primary N) is 1. The topological polar surface area (TPSA) is 66.0 Å². The molecule has 1 rings (SSSR count). The summed E-state index contributed by atoms with van der Waals surface area (Å²) < 4.78 is 6.95. The molecule has 0 amide bonds. The predicted molar refractivity (Wildman–Crippen MR) is 58.4 cm³/mol. The summed E-state index contributed by atoms with van der Waals surface area (Å²) in [7, 11) is 1.72. The van der Waals surface area contributed by atoms with Crippen LogP contribution in [0.2, 0.25) is 0 Å². The lowest BCUT2D eigenvalue weighted by atomic mass is 10.2. The number of methoxy groups -OCH3 is 1. The standard InChI is InChI=1S/C10H20N4O/c1-3-10-9(8-11)12-13-14(10)6-4-5-7-15-2/h3-8,11H2,1-2H3. The van der Waals surface area contributed by atoms with E-state index in [0.29, 0.717) is 6.54 Å². The van der Waals surface area contributed by atoms with Crippen LogP contribution in [0.4, 0.5) is 0 Å². The average molecular weight is 212 g/mol. The van der Waals surface area contributed by atoms with Crippen LogP contribution in [0.5, 0.6) is 0 Å². The van der Waals surface area contributed by atoms with E-state index < -0.39 is 0 Å². The van der Waals surface area contributed by atoms with Gasteiger partial charge in [0.25, 0.3) is 0 Å². The summed E-state index contributed by atoms with van der Waals surface area (Å²) in [4.78, 5) is 0. The van der Waals surface area contributed by atoms with E-state index in [2.05, 4.69) is 17.2 Å². The van der Waals surface area contributed by atoms with Crippen molar-refractivity contribution >= 4 is 0 Å². The van der Waals surface area contributed by atoms with E-state index in [9.17, 15) is 0 Å². The van der Waals surface area contributed by atoms with Gasteiger partial charge in [-0.2, -0.15) is 0 Å². The van der Waals surface area contributed by atoms with E-state index >= 15 is 0 Å². The monoisotopic (exact) mass is 212 g/mol. The molecule has 0 aliphatic carbocycles. The lowest BCUT2D eigenvalue weighted by Crippen LogP contribution is -2.07. The zero-order chi connectivity index (χ0) is 11.1. The Morgan fingerprint density at radius 1 is 1.40 bits per heavy atom. The molecular weight excluding hydrogens is 192 g/mol. The smallest absolute Gasteiger partial charge is 0.0994 e. The molecule has 0 bridgehead atoms. The van der Waals surface area contributed by atoms with Crippen LogP contribution >= 0.6 is 0 Å². The van der Waals surface area contributed by atoms with Crippen LogP contribution < -0.4 is 5.73 Å². The van der Waals surface area contributed by atoms with E-state index in [-0.39, 0.29) is 0 Å². The normalized spacial score (nSPS) is 10.9. The maximum atomic E-state index is 5.58. The molecular formula is C10H20N4O. The van der Waals surface area contributed by atoms with Crippen molar-refractivity contribution in [3.05, 3.63) is 11.4 Å². The van der Waals surface area contributed by atoms with Crippen LogP contribution in [0.15, 0.2) is 0 Å². The van der Waals surface area contributed by atoms with Crippen molar-refractivity contribution in [2.75, 3.05) is 13.7 Å². The third kappa shape index (κ3) is 3.28. The molecule has 0 aromatic carbocycles. The summed E-state index contributed by atoms with van der Waals surface area (Å²) in [6.45, 7) is 4.28. The van der Waals surface area contributed by atoms with Crippen molar-refractivity contribution < 1.29 is 4.74 Å². The molecule has 1 aromatic rings. The first kappa shape index (κ1) is 12.1. The number of hydrogen-bond donors (Lipinski definition) is 1. The molecule has 15 heavy (non-hydrogen) atoms. The number of ether oxygens (including phenoxy) is 1. The number of unbranched alkanes of at least 4 members (excludes halogenated alkanes) is 1. The van der Waals surface area contributed by atoms with Crippen LogP contribution in [-0.4, -0.2) is 28.7 Å². The van der Waals surface area contributed by atoms with Crippen molar-refractivity contribution in [1.29, 1.82) is 0 Å². The highest BCUT2D eigenvalue weighted by Gasteiger charge is 2.08. The van der Waals surface area contributed by atoms with E-state index in [1.807, 2.05) is 4.68 Å². The second kappa shape index (κ2) is 6.53. The average Bonchev–Trinajstić information content (AvgIpc) is 2.66. The number of aryl methyl sites for hydroxylation is 1. The minimum Gasteiger partial charge on any atom is -0.385 e. The summed E-state index contributed by atoms with van der Waals surface area (Å²) in [6.07, 6.45) is 3.05. The summed E-state index contributed by atoms with van der Waals surface area (Å²) in [6, 6.07) is 0.